The largest absolute Gasteiger partial charge is 0.409 e. The first-order valence-electron chi connectivity index (χ1n) is 7.18. The molecule has 0 radical (unpaired) electrons. The third kappa shape index (κ3) is 4.68. The molecule has 0 saturated heterocycles. The van der Waals surface area contributed by atoms with E-state index in [0.29, 0.717) is 24.7 Å². The zero-order valence-electron chi connectivity index (χ0n) is 12.6. The van der Waals surface area contributed by atoms with Crippen molar-refractivity contribution < 1.29 is 14.7 Å². The van der Waals surface area contributed by atoms with Crippen molar-refractivity contribution >= 4 is 5.84 Å². The van der Waals surface area contributed by atoms with Crippen LogP contribution in [-0.2, 0) is 6.54 Å². The zero-order valence-corrected chi connectivity index (χ0v) is 12.6. The normalized spacial score (nSPS) is 12.4. The second kappa shape index (κ2) is 8.59. The minimum atomic E-state index is -0.434. The fourth-order valence-electron chi connectivity index (χ4n) is 2.52. The Morgan fingerprint density at radius 2 is 2.05 bits per heavy atom. The molecule has 1 aromatic rings. The van der Waals surface area contributed by atoms with Crippen molar-refractivity contribution in [3.63, 3.8) is 0 Å². The number of oxime groups is 1. The van der Waals surface area contributed by atoms with Crippen molar-refractivity contribution in [2.75, 3.05) is 13.2 Å². The Hall–Kier alpha value is -1.66. The van der Waals surface area contributed by atoms with E-state index in [-0.39, 0.29) is 12.4 Å². The summed E-state index contributed by atoms with van der Waals surface area (Å²) in [6.07, 6.45) is 1.91. The number of amidine groups is 1. The fourth-order valence-corrected chi connectivity index (χ4v) is 2.52. The van der Waals surface area contributed by atoms with Gasteiger partial charge in [-0.25, -0.2) is 4.39 Å². The van der Waals surface area contributed by atoms with E-state index in [1.54, 1.807) is 6.07 Å². The summed E-state index contributed by atoms with van der Waals surface area (Å²) in [5, 5.41) is 21.0. The highest BCUT2D eigenvalue weighted by Gasteiger charge is 2.18. The number of nitrogens with two attached hydrogens (primary N) is 1. The first-order chi connectivity index (χ1) is 10.1. The maximum absolute atomic E-state index is 13.4. The second-order valence-corrected chi connectivity index (χ2v) is 4.95. The standard InChI is InChI=1S/C15H24FN3O2/c1-3-13(4-2)19(7-8-20)10-11-5-6-12(16)9-14(11)15(17)18-21/h5-6,9,13,20-21H,3-4,7-8,10H2,1-2H3,(H2,17,18). The molecule has 0 aromatic heterocycles. The van der Waals surface area contributed by atoms with E-state index < -0.39 is 5.82 Å². The Kier molecular flexibility index (Phi) is 7.11. The molecule has 0 aliphatic rings. The van der Waals surface area contributed by atoms with Gasteiger partial charge in [-0.1, -0.05) is 25.1 Å². The molecule has 0 aliphatic heterocycles. The van der Waals surface area contributed by atoms with Gasteiger partial charge in [-0.05, 0) is 30.5 Å². The zero-order chi connectivity index (χ0) is 15.8. The van der Waals surface area contributed by atoms with Crippen molar-refractivity contribution in [3.05, 3.63) is 35.1 Å². The molecule has 0 heterocycles. The van der Waals surface area contributed by atoms with Crippen LogP contribution in [0.25, 0.3) is 0 Å². The molecule has 5 nitrogen and oxygen atoms in total. The van der Waals surface area contributed by atoms with Crippen LogP contribution < -0.4 is 5.73 Å². The lowest BCUT2D eigenvalue weighted by Gasteiger charge is -2.30. The molecule has 0 amide bonds. The van der Waals surface area contributed by atoms with Gasteiger partial charge in [-0.3, -0.25) is 4.90 Å². The topological polar surface area (TPSA) is 82.1 Å². The molecule has 0 spiro atoms. The fraction of sp³-hybridized carbons (Fsp3) is 0.533. The quantitative estimate of drug-likeness (QED) is 0.296. The molecule has 0 aliphatic carbocycles. The predicted octanol–water partition coefficient (Wildman–Crippen LogP) is 1.90. The maximum atomic E-state index is 13.4. The van der Waals surface area contributed by atoms with E-state index in [1.807, 2.05) is 0 Å². The van der Waals surface area contributed by atoms with Crippen LogP contribution in [0.1, 0.15) is 37.8 Å². The molecule has 21 heavy (non-hydrogen) atoms. The van der Waals surface area contributed by atoms with Gasteiger partial charge in [0.2, 0.25) is 0 Å². The molecular formula is C15H24FN3O2. The van der Waals surface area contributed by atoms with E-state index in [0.717, 1.165) is 18.4 Å². The van der Waals surface area contributed by atoms with Gasteiger partial charge in [-0.2, -0.15) is 0 Å². The maximum Gasteiger partial charge on any atom is 0.170 e. The van der Waals surface area contributed by atoms with Crippen molar-refractivity contribution in [2.24, 2.45) is 10.9 Å². The summed E-state index contributed by atoms with van der Waals surface area (Å²) in [5.41, 5.74) is 6.77. The van der Waals surface area contributed by atoms with Crippen molar-refractivity contribution in [1.29, 1.82) is 0 Å². The minimum absolute atomic E-state index is 0.0522. The number of benzene rings is 1. The van der Waals surface area contributed by atoms with Crippen LogP contribution >= 0.6 is 0 Å². The van der Waals surface area contributed by atoms with Gasteiger partial charge < -0.3 is 16.0 Å². The number of aliphatic hydroxyl groups is 1. The first-order valence-corrected chi connectivity index (χ1v) is 7.18. The molecule has 1 aromatic carbocycles. The highest BCUT2D eigenvalue weighted by atomic mass is 19.1. The molecule has 118 valence electrons. The molecule has 1 rings (SSSR count). The van der Waals surface area contributed by atoms with E-state index in [4.69, 9.17) is 10.9 Å². The van der Waals surface area contributed by atoms with Gasteiger partial charge >= 0.3 is 0 Å². The number of hydrogen-bond donors (Lipinski definition) is 3. The minimum Gasteiger partial charge on any atom is -0.409 e. The third-order valence-electron chi connectivity index (χ3n) is 3.68. The Labute approximate surface area is 124 Å². The van der Waals surface area contributed by atoms with Crippen LogP contribution in [-0.4, -0.2) is 40.2 Å². The first kappa shape index (κ1) is 17.4. The smallest absolute Gasteiger partial charge is 0.170 e. The van der Waals surface area contributed by atoms with Gasteiger partial charge in [0.25, 0.3) is 0 Å². The predicted molar refractivity (Wildman–Crippen MR) is 80.8 cm³/mol. The summed E-state index contributed by atoms with van der Waals surface area (Å²) in [7, 11) is 0. The molecule has 0 bridgehead atoms. The number of halogens is 1. The lowest BCUT2D eigenvalue weighted by molar-refractivity contribution is 0.136. The van der Waals surface area contributed by atoms with Crippen LogP contribution in [0.15, 0.2) is 23.4 Å². The molecule has 0 atom stereocenters. The lowest BCUT2D eigenvalue weighted by Crippen LogP contribution is -2.36. The Morgan fingerprint density at radius 1 is 1.38 bits per heavy atom. The number of hydrogen-bond acceptors (Lipinski definition) is 4. The van der Waals surface area contributed by atoms with Crippen LogP contribution in [0.4, 0.5) is 4.39 Å². The SMILES string of the molecule is CCC(CC)N(CCO)Cc1ccc(F)cc1C(N)=NO. The van der Waals surface area contributed by atoms with E-state index in [2.05, 4.69) is 23.9 Å². The van der Waals surface area contributed by atoms with E-state index in [9.17, 15) is 9.50 Å². The van der Waals surface area contributed by atoms with Gasteiger partial charge in [0.05, 0.1) is 6.61 Å². The Morgan fingerprint density at radius 3 is 2.57 bits per heavy atom. The monoisotopic (exact) mass is 297 g/mol. The Bertz CT molecular complexity index is 476. The molecule has 0 fully saturated rings. The highest BCUT2D eigenvalue weighted by Crippen LogP contribution is 2.17. The summed E-state index contributed by atoms with van der Waals surface area (Å²) in [4.78, 5) is 2.13. The van der Waals surface area contributed by atoms with Crippen LogP contribution in [0.3, 0.4) is 0 Å². The van der Waals surface area contributed by atoms with Crippen molar-refractivity contribution in [1.82, 2.24) is 4.90 Å². The van der Waals surface area contributed by atoms with E-state index in [1.165, 1.54) is 12.1 Å². The van der Waals surface area contributed by atoms with Gasteiger partial charge in [0.1, 0.15) is 5.82 Å². The number of nitrogens with zero attached hydrogens (tertiary/aromatic N) is 2. The third-order valence-corrected chi connectivity index (χ3v) is 3.68. The molecule has 0 saturated carbocycles. The second-order valence-electron chi connectivity index (χ2n) is 4.95. The van der Waals surface area contributed by atoms with Gasteiger partial charge in [0.15, 0.2) is 5.84 Å². The molecule has 6 heteroatoms. The Balaban J connectivity index is 3.08. The van der Waals surface area contributed by atoms with E-state index >= 15 is 0 Å². The molecular weight excluding hydrogens is 273 g/mol. The lowest BCUT2D eigenvalue weighted by atomic mass is 10.0. The summed E-state index contributed by atoms with van der Waals surface area (Å²) in [6.45, 7) is 5.27. The van der Waals surface area contributed by atoms with Crippen molar-refractivity contribution in [2.45, 2.75) is 39.3 Å². The summed E-state index contributed by atoms with van der Waals surface area (Å²) in [6, 6.07) is 4.57. The van der Waals surface area contributed by atoms with Crippen LogP contribution in [0.2, 0.25) is 0 Å². The molecule has 4 N–H and O–H groups in total. The average molecular weight is 297 g/mol. The van der Waals surface area contributed by atoms with Crippen LogP contribution in [0.5, 0.6) is 0 Å². The van der Waals surface area contributed by atoms with Gasteiger partial charge in [-0.15, -0.1) is 0 Å². The number of rotatable bonds is 8. The van der Waals surface area contributed by atoms with Crippen molar-refractivity contribution in [3.8, 4) is 0 Å². The summed E-state index contributed by atoms with van der Waals surface area (Å²) >= 11 is 0. The average Bonchev–Trinajstić information content (AvgIpc) is 2.49. The highest BCUT2D eigenvalue weighted by molar-refractivity contribution is 5.98. The summed E-state index contributed by atoms with van der Waals surface area (Å²) in [5.74, 6) is -0.547. The number of aliphatic hydroxyl groups excluding tert-OH is 1. The molecule has 0 unspecified atom stereocenters. The summed E-state index contributed by atoms with van der Waals surface area (Å²) < 4.78 is 13.4. The van der Waals surface area contributed by atoms with Crippen LogP contribution in [0, 0.1) is 5.82 Å². The van der Waals surface area contributed by atoms with Gasteiger partial charge in [0, 0.05) is 24.7 Å².